The molecule has 24 heavy (non-hydrogen) atoms. The molecule has 2 N–H and O–H groups in total. The van der Waals surface area contributed by atoms with Gasteiger partial charge in [0, 0.05) is 30.9 Å². The van der Waals surface area contributed by atoms with E-state index >= 15 is 0 Å². The molecule has 0 spiro atoms. The minimum Gasteiger partial charge on any atom is -0.390 e. The maximum atomic E-state index is 14.5. The molecule has 2 aliphatic carbocycles. The van der Waals surface area contributed by atoms with Crippen molar-refractivity contribution in [2.45, 2.75) is 56.7 Å². The summed E-state index contributed by atoms with van der Waals surface area (Å²) in [6.45, 7) is 3.51. The molecular formula is C20H28FNO2. The summed E-state index contributed by atoms with van der Waals surface area (Å²) < 4.78 is 20.0. The van der Waals surface area contributed by atoms with E-state index in [4.69, 9.17) is 4.74 Å². The van der Waals surface area contributed by atoms with Crippen LogP contribution in [0.25, 0.3) is 0 Å². The first kappa shape index (κ1) is 16.5. The number of fused-ring (bicyclic) bond motifs is 2. The SMILES string of the molecule is C[C@@]1(O)C[C@@H]2C[C@H]1C[C@@H]2NC(c1ccccc1F)C1CCOCC1. The minimum absolute atomic E-state index is 0.0457. The molecule has 1 aliphatic heterocycles. The van der Waals surface area contributed by atoms with Crippen LogP contribution >= 0.6 is 0 Å². The van der Waals surface area contributed by atoms with Gasteiger partial charge in [0.25, 0.3) is 0 Å². The van der Waals surface area contributed by atoms with E-state index in [2.05, 4.69) is 5.32 Å². The first-order valence-electron chi connectivity index (χ1n) is 9.35. The molecule has 1 saturated heterocycles. The van der Waals surface area contributed by atoms with Crippen molar-refractivity contribution in [3.05, 3.63) is 35.6 Å². The highest BCUT2D eigenvalue weighted by Gasteiger charge is 2.52. The number of nitrogens with one attached hydrogen (secondary N) is 1. The molecule has 2 bridgehead atoms. The van der Waals surface area contributed by atoms with Crippen LogP contribution < -0.4 is 5.32 Å². The van der Waals surface area contributed by atoms with Gasteiger partial charge in [0.05, 0.1) is 5.60 Å². The molecule has 5 atom stereocenters. The molecule has 1 unspecified atom stereocenters. The molecular weight excluding hydrogens is 305 g/mol. The molecule has 0 aromatic heterocycles. The highest BCUT2D eigenvalue weighted by molar-refractivity contribution is 5.23. The van der Waals surface area contributed by atoms with Gasteiger partial charge in [-0.25, -0.2) is 4.39 Å². The maximum Gasteiger partial charge on any atom is 0.127 e. The Morgan fingerprint density at radius 1 is 1.25 bits per heavy atom. The zero-order valence-corrected chi connectivity index (χ0v) is 14.4. The average molecular weight is 333 g/mol. The number of hydrogen-bond acceptors (Lipinski definition) is 3. The Balaban J connectivity index is 1.54. The smallest absolute Gasteiger partial charge is 0.127 e. The van der Waals surface area contributed by atoms with Gasteiger partial charge in [-0.05, 0) is 62.8 Å². The van der Waals surface area contributed by atoms with Gasteiger partial charge in [0.15, 0.2) is 0 Å². The topological polar surface area (TPSA) is 41.5 Å². The van der Waals surface area contributed by atoms with Gasteiger partial charge >= 0.3 is 0 Å². The Bertz CT molecular complexity index is 585. The highest BCUT2D eigenvalue weighted by Crippen LogP contribution is 2.51. The number of rotatable bonds is 4. The summed E-state index contributed by atoms with van der Waals surface area (Å²) >= 11 is 0. The van der Waals surface area contributed by atoms with E-state index in [1.165, 1.54) is 0 Å². The van der Waals surface area contributed by atoms with E-state index in [9.17, 15) is 9.50 Å². The summed E-state index contributed by atoms with van der Waals surface area (Å²) in [6.07, 6.45) is 4.93. The van der Waals surface area contributed by atoms with Crippen LogP contribution in [0.5, 0.6) is 0 Å². The van der Waals surface area contributed by atoms with Gasteiger partial charge in [0.2, 0.25) is 0 Å². The fraction of sp³-hybridized carbons (Fsp3) is 0.700. The van der Waals surface area contributed by atoms with Crippen molar-refractivity contribution >= 4 is 0 Å². The van der Waals surface area contributed by atoms with E-state index in [1.807, 2.05) is 19.1 Å². The second-order valence-electron chi connectivity index (χ2n) is 8.21. The third-order valence-corrected chi connectivity index (χ3v) is 6.62. The van der Waals surface area contributed by atoms with Crippen molar-refractivity contribution in [1.82, 2.24) is 5.32 Å². The molecule has 2 saturated carbocycles. The van der Waals surface area contributed by atoms with Crippen LogP contribution in [-0.2, 0) is 4.74 Å². The second-order valence-corrected chi connectivity index (χ2v) is 8.21. The summed E-state index contributed by atoms with van der Waals surface area (Å²) in [5.41, 5.74) is 0.286. The third-order valence-electron chi connectivity index (χ3n) is 6.62. The molecule has 4 heteroatoms. The number of halogens is 1. The van der Waals surface area contributed by atoms with Crippen LogP contribution in [0.15, 0.2) is 24.3 Å². The van der Waals surface area contributed by atoms with Gasteiger partial charge in [-0.1, -0.05) is 18.2 Å². The predicted octanol–water partition coefficient (Wildman–Crippen LogP) is 3.43. The Hall–Kier alpha value is -0.970. The molecule has 3 nitrogen and oxygen atoms in total. The molecule has 1 heterocycles. The third kappa shape index (κ3) is 3.00. The number of aliphatic hydroxyl groups is 1. The molecule has 4 rings (SSSR count). The Morgan fingerprint density at radius 2 is 2.00 bits per heavy atom. The van der Waals surface area contributed by atoms with E-state index in [0.29, 0.717) is 23.8 Å². The van der Waals surface area contributed by atoms with E-state index in [-0.39, 0.29) is 11.9 Å². The van der Waals surface area contributed by atoms with E-state index < -0.39 is 5.60 Å². The van der Waals surface area contributed by atoms with Gasteiger partial charge in [-0.3, -0.25) is 0 Å². The lowest BCUT2D eigenvalue weighted by molar-refractivity contribution is -0.00504. The lowest BCUT2D eigenvalue weighted by Gasteiger charge is -2.38. The first-order valence-corrected chi connectivity index (χ1v) is 9.35. The summed E-state index contributed by atoms with van der Waals surface area (Å²) in [4.78, 5) is 0. The van der Waals surface area contributed by atoms with E-state index in [0.717, 1.165) is 50.9 Å². The van der Waals surface area contributed by atoms with Crippen LogP contribution in [0.3, 0.4) is 0 Å². The number of benzene rings is 1. The Kier molecular flexibility index (Phi) is 4.40. The minimum atomic E-state index is -0.505. The molecule has 1 aromatic carbocycles. The summed E-state index contributed by atoms with van der Waals surface area (Å²) in [6, 6.07) is 7.61. The van der Waals surface area contributed by atoms with Crippen molar-refractivity contribution in [2.75, 3.05) is 13.2 Å². The van der Waals surface area contributed by atoms with Gasteiger partial charge in [0.1, 0.15) is 5.82 Å². The van der Waals surface area contributed by atoms with Crippen LogP contribution in [0.1, 0.15) is 50.6 Å². The van der Waals surface area contributed by atoms with Crippen LogP contribution in [0.2, 0.25) is 0 Å². The zero-order chi connectivity index (χ0) is 16.7. The largest absolute Gasteiger partial charge is 0.390 e. The van der Waals surface area contributed by atoms with Crippen LogP contribution in [0.4, 0.5) is 4.39 Å². The fourth-order valence-electron chi connectivity index (χ4n) is 5.25. The van der Waals surface area contributed by atoms with Gasteiger partial charge in [-0.15, -0.1) is 0 Å². The van der Waals surface area contributed by atoms with Crippen molar-refractivity contribution in [3.63, 3.8) is 0 Å². The molecule has 132 valence electrons. The van der Waals surface area contributed by atoms with Crippen molar-refractivity contribution < 1.29 is 14.2 Å². The quantitative estimate of drug-likeness (QED) is 0.887. The summed E-state index contributed by atoms with van der Waals surface area (Å²) in [5, 5.41) is 14.2. The Labute approximate surface area is 143 Å². The zero-order valence-electron chi connectivity index (χ0n) is 14.4. The fourth-order valence-corrected chi connectivity index (χ4v) is 5.25. The molecule has 3 aliphatic rings. The monoisotopic (exact) mass is 333 g/mol. The van der Waals surface area contributed by atoms with Crippen LogP contribution in [0, 0.1) is 23.6 Å². The van der Waals surface area contributed by atoms with Crippen molar-refractivity contribution in [3.8, 4) is 0 Å². The van der Waals surface area contributed by atoms with Crippen LogP contribution in [-0.4, -0.2) is 30.0 Å². The molecule has 3 fully saturated rings. The van der Waals surface area contributed by atoms with Crippen molar-refractivity contribution in [1.29, 1.82) is 0 Å². The maximum absolute atomic E-state index is 14.5. The predicted molar refractivity (Wildman–Crippen MR) is 91.1 cm³/mol. The normalized spacial score (nSPS) is 37.7. The molecule has 1 aromatic rings. The molecule has 0 amide bonds. The summed E-state index contributed by atoms with van der Waals surface area (Å²) in [5.74, 6) is 1.20. The van der Waals surface area contributed by atoms with Gasteiger partial charge < -0.3 is 15.2 Å². The lowest BCUT2D eigenvalue weighted by atomic mass is 9.81. The summed E-state index contributed by atoms with van der Waals surface area (Å²) in [7, 11) is 0. The van der Waals surface area contributed by atoms with Crippen molar-refractivity contribution in [2.24, 2.45) is 17.8 Å². The average Bonchev–Trinajstić information content (AvgIpc) is 3.10. The van der Waals surface area contributed by atoms with E-state index in [1.54, 1.807) is 12.1 Å². The number of hydrogen-bond donors (Lipinski definition) is 2. The highest BCUT2D eigenvalue weighted by atomic mass is 19.1. The second kappa shape index (κ2) is 6.40. The van der Waals surface area contributed by atoms with Gasteiger partial charge in [-0.2, -0.15) is 0 Å². The number of ether oxygens (including phenoxy) is 1. The first-order chi connectivity index (χ1) is 11.5. The Morgan fingerprint density at radius 3 is 2.62 bits per heavy atom. The standard InChI is InChI=1S/C20H28FNO2/c1-20(23)12-14-10-15(20)11-18(14)22-19(13-6-8-24-9-7-13)16-4-2-3-5-17(16)21/h2-5,13-15,18-19,22-23H,6-12H2,1H3/t14-,15-,18-,19?,20+/m0/s1. The molecule has 0 radical (unpaired) electrons. The lowest BCUT2D eigenvalue weighted by Crippen LogP contribution is -2.45.